The van der Waals surface area contributed by atoms with E-state index in [0.29, 0.717) is 13.2 Å². The van der Waals surface area contributed by atoms with Gasteiger partial charge >= 0.3 is 0 Å². The molecule has 3 unspecified atom stereocenters. The zero-order valence-corrected chi connectivity index (χ0v) is 12.1. The first kappa shape index (κ1) is 15.3. The fraction of sp³-hybridized carbons (Fsp3) is 0.857. The molecule has 0 aromatic rings. The van der Waals surface area contributed by atoms with Crippen LogP contribution in [0.5, 0.6) is 0 Å². The summed E-state index contributed by atoms with van der Waals surface area (Å²) in [7, 11) is 1.58. The predicted molar refractivity (Wildman–Crippen MR) is 74.9 cm³/mol. The summed E-state index contributed by atoms with van der Waals surface area (Å²) in [5.41, 5.74) is 6.16. The monoisotopic (exact) mass is 283 g/mol. The Labute approximate surface area is 120 Å². The van der Waals surface area contributed by atoms with Gasteiger partial charge in [0.05, 0.1) is 19.1 Å². The lowest BCUT2D eigenvalue weighted by Crippen LogP contribution is -2.58. The fourth-order valence-corrected chi connectivity index (χ4v) is 3.11. The third-order valence-electron chi connectivity index (χ3n) is 4.35. The average Bonchev–Trinajstić information content (AvgIpc) is 2.70. The number of morpholine rings is 1. The van der Waals surface area contributed by atoms with Crippen molar-refractivity contribution in [1.82, 2.24) is 10.2 Å². The van der Waals surface area contributed by atoms with Crippen LogP contribution in [0.25, 0.3) is 0 Å². The fourth-order valence-electron chi connectivity index (χ4n) is 3.11. The third kappa shape index (κ3) is 3.30. The maximum atomic E-state index is 12.8. The van der Waals surface area contributed by atoms with Gasteiger partial charge in [0.1, 0.15) is 6.04 Å². The molecule has 2 rings (SSSR count). The van der Waals surface area contributed by atoms with Gasteiger partial charge in [0, 0.05) is 19.6 Å². The van der Waals surface area contributed by atoms with E-state index >= 15 is 0 Å². The van der Waals surface area contributed by atoms with E-state index in [2.05, 4.69) is 5.32 Å². The van der Waals surface area contributed by atoms with Gasteiger partial charge in [-0.15, -0.1) is 0 Å². The van der Waals surface area contributed by atoms with E-state index in [0.717, 1.165) is 32.1 Å². The van der Waals surface area contributed by atoms with E-state index in [1.165, 1.54) is 0 Å². The highest BCUT2D eigenvalue weighted by Crippen LogP contribution is 2.25. The van der Waals surface area contributed by atoms with Crippen molar-refractivity contribution in [3.05, 3.63) is 0 Å². The Morgan fingerprint density at radius 3 is 2.75 bits per heavy atom. The number of ether oxygens (including phenoxy) is 1. The molecule has 0 aromatic heterocycles. The van der Waals surface area contributed by atoms with Gasteiger partial charge in [0.25, 0.3) is 0 Å². The van der Waals surface area contributed by atoms with Gasteiger partial charge in [-0.2, -0.15) is 0 Å². The molecule has 6 nitrogen and oxygen atoms in total. The molecule has 2 amide bonds. The lowest BCUT2D eigenvalue weighted by molar-refractivity contribution is -0.152. The van der Waals surface area contributed by atoms with Gasteiger partial charge in [-0.1, -0.05) is 19.3 Å². The molecule has 3 N–H and O–H groups in total. The Bertz CT molecular complexity index is 362. The molecule has 114 valence electrons. The molecule has 0 radical (unpaired) electrons. The molecule has 2 aliphatic rings. The highest BCUT2D eigenvalue weighted by molar-refractivity contribution is 5.89. The number of nitrogens with two attached hydrogens (primary N) is 1. The largest absolute Gasteiger partial charge is 0.377 e. The van der Waals surface area contributed by atoms with Gasteiger partial charge in [-0.3, -0.25) is 9.59 Å². The van der Waals surface area contributed by atoms with Crippen LogP contribution in [-0.2, 0) is 14.3 Å². The van der Waals surface area contributed by atoms with E-state index in [-0.39, 0.29) is 30.4 Å². The highest BCUT2D eigenvalue weighted by Gasteiger charge is 2.37. The molecule has 6 heteroatoms. The van der Waals surface area contributed by atoms with E-state index in [9.17, 15) is 9.59 Å². The Morgan fingerprint density at radius 2 is 2.00 bits per heavy atom. The molecule has 0 bridgehead atoms. The van der Waals surface area contributed by atoms with E-state index in [1.807, 2.05) is 0 Å². The van der Waals surface area contributed by atoms with Crippen LogP contribution >= 0.6 is 0 Å². The van der Waals surface area contributed by atoms with Crippen molar-refractivity contribution in [1.29, 1.82) is 0 Å². The van der Waals surface area contributed by atoms with Crippen LogP contribution in [0, 0.1) is 5.92 Å². The Kier molecular flexibility index (Phi) is 5.37. The quantitative estimate of drug-likeness (QED) is 0.691. The molecule has 0 spiro atoms. The summed E-state index contributed by atoms with van der Waals surface area (Å²) in [6.07, 6.45) is 4.99. The summed E-state index contributed by atoms with van der Waals surface area (Å²) in [6, 6.07) is -0.602. The van der Waals surface area contributed by atoms with Gasteiger partial charge in [0.2, 0.25) is 11.8 Å². The summed E-state index contributed by atoms with van der Waals surface area (Å²) >= 11 is 0. The van der Waals surface area contributed by atoms with Crippen molar-refractivity contribution < 1.29 is 14.3 Å². The summed E-state index contributed by atoms with van der Waals surface area (Å²) in [6.45, 7) is 1.23. The highest BCUT2D eigenvalue weighted by atomic mass is 16.5. The van der Waals surface area contributed by atoms with Crippen molar-refractivity contribution in [2.45, 2.75) is 44.2 Å². The average molecular weight is 283 g/mol. The van der Waals surface area contributed by atoms with Gasteiger partial charge < -0.3 is 20.7 Å². The van der Waals surface area contributed by atoms with Crippen molar-refractivity contribution in [3.63, 3.8) is 0 Å². The number of rotatable bonds is 2. The zero-order valence-electron chi connectivity index (χ0n) is 12.1. The van der Waals surface area contributed by atoms with E-state index < -0.39 is 6.04 Å². The number of nitrogens with one attached hydrogen (secondary N) is 1. The molecule has 1 aliphatic heterocycles. The van der Waals surface area contributed by atoms with Crippen molar-refractivity contribution in [3.8, 4) is 0 Å². The summed E-state index contributed by atoms with van der Waals surface area (Å²) in [5, 5.41) is 2.60. The Balaban J connectivity index is 2.09. The molecule has 1 heterocycles. The SMILES string of the molecule is CNC(=O)C1COCCN1C(=O)C1CCCCCC1N. The minimum atomic E-state index is -0.517. The summed E-state index contributed by atoms with van der Waals surface area (Å²) < 4.78 is 5.34. The molecule has 2 fully saturated rings. The maximum Gasteiger partial charge on any atom is 0.244 e. The number of hydrogen-bond donors (Lipinski definition) is 2. The van der Waals surface area contributed by atoms with Crippen molar-refractivity contribution >= 4 is 11.8 Å². The molecular weight excluding hydrogens is 258 g/mol. The molecule has 0 aromatic carbocycles. The molecule has 1 aliphatic carbocycles. The van der Waals surface area contributed by atoms with Crippen LogP contribution in [0.2, 0.25) is 0 Å². The lowest BCUT2D eigenvalue weighted by Gasteiger charge is -2.37. The summed E-state index contributed by atoms with van der Waals surface area (Å²) in [5.74, 6) is -0.292. The normalized spacial score (nSPS) is 31.5. The number of carbonyl (C=O) groups excluding carboxylic acids is 2. The number of carbonyl (C=O) groups is 2. The first-order valence-corrected chi connectivity index (χ1v) is 7.50. The summed E-state index contributed by atoms with van der Waals surface area (Å²) in [4.78, 5) is 26.3. The van der Waals surface area contributed by atoms with Crippen LogP contribution in [0.15, 0.2) is 0 Å². The van der Waals surface area contributed by atoms with Gasteiger partial charge in [-0.25, -0.2) is 0 Å². The van der Waals surface area contributed by atoms with E-state index in [4.69, 9.17) is 10.5 Å². The minimum Gasteiger partial charge on any atom is -0.377 e. The molecule has 1 saturated carbocycles. The number of nitrogens with zero attached hydrogens (tertiary/aromatic N) is 1. The van der Waals surface area contributed by atoms with Crippen molar-refractivity contribution in [2.24, 2.45) is 11.7 Å². The number of amides is 2. The maximum absolute atomic E-state index is 12.8. The van der Waals surface area contributed by atoms with Crippen LogP contribution in [-0.4, -0.2) is 55.6 Å². The molecular formula is C14H25N3O3. The standard InChI is InChI=1S/C14H25N3O3/c1-16-13(18)12-9-20-8-7-17(12)14(19)10-5-3-2-4-6-11(10)15/h10-12H,2-9,15H2,1H3,(H,16,18). The first-order chi connectivity index (χ1) is 9.65. The topological polar surface area (TPSA) is 84.7 Å². The Hall–Kier alpha value is -1.14. The van der Waals surface area contributed by atoms with Crippen LogP contribution in [0.3, 0.4) is 0 Å². The van der Waals surface area contributed by atoms with Gasteiger partial charge in [-0.05, 0) is 12.8 Å². The van der Waals surface area contributed by atoms with Crippen molar-refractivity contribution in [2.75, 3.05) is 26.8 Å². The molecule has 20 heavy (non-hydrogen) atoms. The van der Waals surface area contributed by atoms with Crippen LogP contribution in [0.4, 0.5) is 0 Å². The molecule has 1 saturated heterocycles. The zero-order chi connectivity index (χ0) is 14.5. The third-order valence-corrected chi connectivity index (χ3v) is 4.35. The predicted octanol–water partition coefficient (Wildman–Crippen LogP) is -0.133. The smallest absolute Gasteiger partial charge is 0.244 e. The minimum absolute atomic E-state index is 0.0244. The molecule has 3 atom stereocenters. The number of hydrogen-bond acceptors (Lipinski definition) is 4. The Morgan fingerprint density at radius 1 is 1.25 bits per heavy atom. The van der Waals surface area contributed by atoms with Crippen LogP contribution < -0.4 is 11.1 Å². The number of likely N-dealkylation sites (N-methyl/N-ethyl adjacent to an activating group) is 1. The second-order valence-electron chi connectivity index (χ2n) is 5.64. The second kappa shape index (κ2) is 7.04. The van der Waals surface area contributed by atoms with Gasteiger partial charge in [0.15, 0.2) is 0 Å². The van der Waals surface area contributed by atoms with E-state index in [1.54, 1.807) is 11.9 Å². The first-order valence-electron chi connectivity index (χ1n) is 7.50. The lowest BCUT2D eigenvalue weighted by atomic mass is 9.93. The second-order valence-corrected chi connectivity index (χ2v) is 5.64. The van der Waals surface area contributed by atoms with Crippen LogP contribution in [0.1, 0.15) is 32.1 Å².